The summed E-state index contributed by atoms with van der Waals surface area (Å²) in [4.78, 5) is 27.9. The number of carboxylic acid groups (broad SMARTS) is 2. The van der Waals surface area contributed by atoms with Crippen LogP contribution in [0.4, 0.5) is 5.69 Å². The van der Waals surface area contributed by atoms with E-state index < -0.39 is 11.9 Å². The zero-order valence-electron chi connectivity index (χ0n) is 22.0. The van der Waals surface area contributed by atoms with E-state index in [-0.39, 0.29) is 0 Å². The summed E-state index contributed by atoms with van der Waals surface area (Å²) >= 11 is 0. The van der Waals surface area contributed by atoms with Crippen molar-refractivity contribution in [1.29, 1.82) is 0 Å². The average Bonchev–Trinajstić information content (AvgIpc) is 2.94. The fourth-order valence-corrected chi connectivity index (χ4v) is 4.47. The van der Waals surface area contributed by atoms with E-state index in [1.54, 1.807) is 7.11 Å². The second-order valence-electron chi connectivity index (χ2n) is 9.30. The molecule has 1 saturated heterocycles. The highest BCUT2D eigenvalue weighted by Gasteiger charge is 2.16. The zero-order chi connectivity index (χ0) is 27.2. The summed E-state index contributed by atoms with van der Waals surface area (Å²) in [5.74, 6) is -2.78. The Morgan fingerprint density at radius 1 is 0.895 bits per heavy atom. The van der Waals surface area contributed by atoms with Gasteiger partial charge in [-0.15, -0.1) is 0 Å². The maximum atomic E-state index is 9.10. The minimum absolute atomic E-state index is 0.872. The number of aromatic nitrogens is 1. The summed E-state index contributed by atoms with van der Waals surface area (Å²) in [5.41, 5.74) is 3.50. The highest BCUT2D eigenvalue weighted by molar-refractivity contribution is 6.27. The number of hydrogen-bond acceptors (Lipinski definition) is 7. The molecule has 0 aliphatic carbocycles. The van der Waals surface area contributed by atoms with E-state index >= 15 is 0 Å². The molecule has 1 aliphatic heterocycles. The number of methoxy groups -OCH3 is 1. The fourth-order valence-electron chi connectivity index (χ4n) is 4.47. The monoisotopic (exact) mass is 522 g/mol. The number of nitrogens with one attached hydrogen (secondary N) is 1. The molecule has 0 saturated carbocycles. The van der Waals surface area contributed by atoms with Gasteiger partial charge in [-0.05, 0) is 37.1 Å². The molecule has 0 bridgehead atoms. The molecule has 0 amide bonds. The maximum absolute atomic E-state index is 9.10. The number of pyridine rings is 1. The van der Waals surface area contributed by atoms with Crippen molar-refractivity contribution in [2.45, 2.75) is 32.2 Å². The van der Waals surface area contributed by atoms with Crippen LogP contribution in [0.15, 0.2) is 60.8 Å². The third-order valence-corrected chi connectivity index (χ3v) is 6.53. The molecule has 2 heterocycles. The Hall–Kier alpha value is -3.69. The van der Waals surface area contributed by atoms with Crippen LogP contribution in [0, 0.1) is 0 Å². The molecule has 38 heavy (non-hydrogen) atoms. The van der Waals surface area contributed by atoms with Gasteiger partial charge in [-0.25, -0.2) is 9.59 Å². The molecular weight excluding hydrogens is 484 g/mol. The van der Waals surface area contributed by atoms with E-state index in [0.717, 1.165) is 35.4 Å². The van der Waals surface area contributed by atoms with Crippen molar-refractivity contribution >= 4 is 28.5 Å². The van der Waals surface area contributed by atoms with Gasteiger partial charge in [-0.3, -0.25) is 9.88 Å². The lowest BCUT2D eigenvalue weighted by Gasteiger charge is -2.34. The number of rotatable bonds is 11. The predicted octanol–water partition coefficient (Wildman–Crippen LogP) is 4.19. The molecule has 3 aromatic rings. The van der Waals surface area contributed by atoms with Crippen molar-refractivity contribution in [1.82, 2.24) is 14.8 Å². The number of piperazine rings is 1. The first-order valence-corrected chi connectivity index (χ1v) is 13.1. The zero-order valence-corrected chi connectivity index (χ0v) is 22.0. The fraction of sp³-hybridized carbons (Fsp3) is 0.414. The van der Waals surface area contributed by atoms with Gasteiger partial charge in [-0.2, -0.15) is 0 Å². The van der Waals surface area contributed by atoms with Crippen LogP contribution in [-0.2, 0) is 16.1 Å². The van der Waals surface area contributed by atoms with Gasteiger partial charge in [0, 0.05) is 56.9 Å². The summed E-state index contributed by atoms with van der Waals surface area (Å²) in [6.45, 7) is 8.05. The van der Waals surface area contributed by atoms with E-state index in [2.05, 4.69) is 56.5 Å². The van der Waals surface area contributed by atoms with E-state index in [4.69, 9.17) is 24.5 Å². The maximum Gasteiger partial charge on any atom is 0.414 e. The second kappa shape index (κ2) is 15.5. The molecular formula is C29H38N4O5. The van der Waals surface area contributed by atoms with Gasteiger partial charge in [0.2, 0.25) is 0 Å². The summed E-state index contributed by atoms with van der Waals surface area (Å²) in [6, 6.07) is 19.0. The van der Waals surface area contributed by atoms with Crippen molar-refractivity contribution in [3.05, 3.63) is 66.4 Å². The number of fused-ring (bicyclic) bond motifs is 1. The molecule has 0 atom stereocenters. The topological polar surface area (TPSA) is 115 Å². The SMILES string of the molecule is COc1cc(NCCCCCCN2CCN(Cc3ccccc3)CC2)c2ncccc2c1.O=C(O)C(=O)O. The molecule has 2 aromatic carbocycles. The van der Waals surface area contributed by atoms with Gasteiger partial charge in [0.05, 0.1) is 18.3 Å². The number of carbonyl (C=O) groups is 2. The van der Waals surface area contributed by atoms with Gasteiger partial charge < -0.3 is 25.2 Å². The largest absolute Gasteiger partial charge is 0.497 e. The molecule has 4 rings (SSSR count). The average molecular weight is 523 g/mol. The van der Waals surface area contributed by atoms with Crippen molar-refractivity contribution in [3.8, 4) is 5.75 Å². The van der Waals surface area contributed by atoms with E-state index in [1.807, 2.05) is 24.4 Å². The van der Waals surface area contributed by atoms with E-state index in [0.29, 0.717) is 0 Å². The molecule has 9 nitrogen and oxygen atoms in total. The lowest BCUT2D eigenvalue weighted by Crippen LogP contribution is -2.46. The molecule has 1 aromatic heterocycles. The Morgan fingerprint density at radius 3 is 2.26 bits per heavy atom. The lowest BCUT2D eigenvalue weighted by atomic mass is 10.1. The molecule has 0 spiro atoms. The van der Waals surface area contributed by atoms with Crippen LogP contribution >= 0.6 is 0 Å². The standard InChI is InChI=1S/C27H36N4O.C2H2O4/c1-32-25-20-24-12-9-14-29-27(24)26(21-25)28-13-7-2-3-8-15-30-16-18-31(19-17-30)22-23-10-5-4-6-11-23;3-1(4)2(5)6/h4-6,9-12,14,20-21,28H,2-3,7-8,13,15-19,22H2,1H3;(H,3,4)(H,5,6). The lowest BCUT2D eigenvalue weighted by molar-refractivity contribution is -0.159. The first kappa shape index (κ1) is 28.9. The van der Waals surface area contributed by atoms with Crippen molar-refractivity contribution < 1.29 is 24.5 Å². The van der Waals surface area contributed by atoms with Crippen molar-refractivity contribution in [2.24, 2.45) is 0 Å². The highest BCUT2D eigenvalue weighted by atomic mass is 16.5. The number of aliphatic carboxylic acids is 2. The molecule has 3 N–H and O–H groups in total. The Kier molecular flexibility index (Phi) is 11.8. The van der Waals surface area contributed by atoms with Crippen LogP contribution in [0.25, 0.3) is 10.9 Å². The summed E-state index contributed by atoms with van der Waals surface area (Å²) in [7, 11) is 1.71. The molecule has 0 unspecified atom stereocenters. The van der Waals surface area contributed by atoms with Crippen molar-refractivity contribution in [3.63, 3.8) is 0 Å². The van der Waals surface area contributed by atoms with Crippen LogP contribution < -0.4 is 10.1 Å². The van der Waals surface area contributed by atoms with E-state index in [1.165, 1.54) is 64.0 Å². The van der Waals surface area contributed by atoms with Crippen LogP contribution in [0.2, 0.25) is 0 Å². The predicted molar refractivity (Wildman–Crippen MR) is 149 cm³/mol. The minimum atomic E-state index is -1.82. The smallest absolute Gasteiger partial charge is 0.414 e. The third-order valence-electron chi connectivity index (χ3n) is 6.53. The Bertz CT molecular complexity index is 1140. The molecule has 204 valence electrons. The van der Waals surface area contributed by atoms with Gasteiger partial charge in [0.15, 0.2) is 0 Å². The number of benzene rings is 2. The number of carboxylic acids is 2. The van der Waals surface area contributed by atoms with E-state index in [9.17, 15) is 0 Å². The van der Waals surface area contributed by atoms with Crippen LogP contribution in [-0.4, -0.2) is 83.3 Å². The second-order valence-corrected chi connectivity index (χ2v) is 9.30. The van der Waals surface area contributed by atoms with Crippen LogP contribution in [0.1, 0.15) is 31.2 Å². The summed E-state index contributed by atoms with van der Waals surface area (Å²) in [6.07, 6.45) is 6.87. The number of nitrogens with zero attached hydrogens (tertiary/aromatic N) is 3. The summed E-state index contributed by atoms with van der Waals surface area (Å²) < 4.78 is 5.44. The molecule has 1 fully saturated rings. The summed E-state index contributed by atoms with van der Waals surface area (Å²) in [5, 5.41) is 19.5. The Morgan fingerprint density at radius 2 is 1.58 bits per heavy atom. The van der Waals surface area contributed by atoms with Gasteiger partial charge in [-0.1, -0.05) is 49.2 Å². The highest BCUT2D eigenvalue weighted by Crippen LogP contribution is 2.27. The van der Waals surface area contributed by atoms with Gasteiger partial charge in [0.25, 0.3) is 0 Å². The molecule has 0 radical (unpaired) electrons. The van der Waals surface area contributed by atoms with Gasteiger partial charge >= 0.3 is 11.9 Å². The Balaban J connectivity index is 0.000000599. The number of anilines is 1. The van der Waals surface area contributed by atoms with Crippen LogP contribution in [0.5, 0.6) is 5.75 Å². The normalized spacial score (nSPS) is 13.9. The number of hydrogen-bond donors (Lipinski definition) is 3. The first-order chi connectivity index (χ1) is 18.5. The minimum Gasteiger partial charge on any atom is -0.497 e. The number of unbranched alkanes of at least 4 members (excludes halogenated alkanes) is 3. The quantitative estimate of drug-likeness (QED) is 0.252. The Labute approximate surface area is 224 Å². The van der Waals surface area contributed by atoms with Gasteiger partial charge in [0.1, 0.15) is 5.75 Å². The molecule has 1 aliphatic rings. The molecule has 9 heteroatoms. The van der Waals surface area contributed by atoms with Crippen molar-refractivity contribution in [2.75, 3.05) is 51.7 Å². The van der Waals surface area contributed by atoms with Crippen LogP contribution in [0.3, 0.4) is 0 Å². The number of ether oxygens (including phenoxy) is 1. The third kappa shape index (κ3) is 9.64. The first-order valence-electron chi connectivity index (χ1n) is 13.1.